The van der Waals surface area contributed by atoms with E-state index in [9.17, 15) is 17.6 Å². The molecule has 5 aromatic rings. The van der Waals surface area contributed by atoms with E-state index < -0.39 is 21.7 Å². The standard InChI is InChI=1S/C29H22FN3O3S2/c30-24-13-15-26(16-14-24)38(35,36)33-25-8-4-7-23(18-25)28(34)32-29-31-27(19-37-29)22-11-9-21(10-12-22)17-20-5-2-1-3-6-20/h1-16,18-19,33H,17H2,(H,31,32,34). The smallest absolute Gasteiger partial charge is 0.261 e. The Bertz CT molecular complexity index is 1670. The fourth-order valence-corrected chi connectivity index (χ4v) is 5.57. The number of nitrogens with one attached hydrogen (secondary N) is 2. The minimum absolute atomic E-state index is 0.0860. The topological polar surface area (TPSA) is 88.2 Å². The Balaban J connectivity index is 1.24. The Kier molecular flexibility index (Phi) is 7.30. The molecule has 1 aromatic heterocycles. The molecular weight excluding hydrogens is 521 g/mol. The van der Waals surface area contributed by atoms with E-state index >= 15 is 0 Å². The van der Waals surface area contributed by atoms with Crippen LogP contribution in [0.3, 0.4) is 0 Å². The second kappa shape index (κ2) is 11.0. The molecule has 0 fully saturated rings. The van der Waals surface area contributed by atoms with Crippen LogP contribution in [0.1, 0.15) is 21.5 Å². The first-order valence-electron chi connectivity index (χ1n) is 11.6. The quantitative estimate of drug-likeness (QED) is 0.231. The van der Waals surface area contributed by atoms with Gasteiger partial charge in [-0.1, -0.05) is 60.7 Å². The van der Waals surface area contributed by atoms with Crippen LogP contribution < -0.4 is 10.0 Å². The van der Waals surface area contributed by atoms with Crippen LogP contribution in [-0.4, -0.2) is 19.3 Å². The van der Waals surface area contributed by atoms with Crippen molar-refractivity contribution in [3.8, 4) is 11.3 Å². The van der Waals surface area contributed by atoms with E-state index in [0.717, 1.165) is 29.8 Å². The molecule has 0 aliphatic rings. The highest BCUT2D eigenvalue weighted by Crippen LogP contribution is 2.26. The van der Waals surface area contributed by atoms with Crippen molar-refractivity contribution in [2.24, 2.45) is 0 Å². The van der Waals surface area contributed by atoms with Crippen LogP contribution >= 0.6 is 11.3 Å². The van der Waals surface area contributed by atoms with E-state index in [0.29, 0.717) is 5.13 Å². The van der Waals surface area contributed by atoms with Gasteiger partial charge in [0, 0.05) is 22.2 Å². The maximum atomic E-state index is 13.1. The summed E-state index contributed by atoms with van der Waals surface area (Å²) >= 11 is 1.30. The Morgan fingerprint density at radius 2 is 1.55 bits per heavy atom. The summed E-state index contributed by atoms with van der Waals surface area (Å²) in [7, 11) is -3.94. The zero-order valence-corrected chi connectivity index (χ0v) is 21.6. The lowest BCUT2D eigenvalue weighted by atomic mass is 10.0. The summed E-state index contributed by atoms with van der Waals surface area (Å²) in [6.45, 7) is 0. The molecule has 0 bridgehead atoms. The molecule has 2 N–H and O–H groups in total. The van der Waals surface area contributed by atoms with E-state index in [-0.39, 0.29) is 16.1 Å². The zero-order chi connectivity index (χ0) is 26.5. The van der Waals surface area contributed by atoms with Crippen molar-refractivity contribution >= 4 is 38.1 Å². The van der Waals surface area contributed by atoms with E-state index in [2.05, 4.69) is 39.3 Å². The highest BCUT2D eigenvalue weighted by molar-refractivity contribution is 7.92. The molecule has 9 heteroatoms. The van der Waals surface area contributed by atoms with E-state index in [1.165, 1.54) is 46.7 Å². The lowest BCUT2D eigenvalue weighted by Gasteiger charge is -2.09. The van der Waals surface area contributed by atoms with Gasteiger partial charge in [0.2, 0.25) is 0 Å². The molecule has 0 saturated carbocycles. The number of benzene rings is 4. The van der Waals surface area contributed by atoms with Crippen LogP contribution in [-0.2, 0) is 16.4 Å². The van der Waals surface area contributed by atoms with Crippen molar-refractivity contribution in [1.29, 1.82) is 0 Å². The van der Waals surface area contributed by atoms with Gasteiger partial charge in [0.25, 0.3) is 15.9 Å². The molecule has 190 valence electrons. The molecule has 0 radical (unpaired) electrons. The average molecular weight is 544 g/mol. The summed E-state index contributed by atoms with van der Waals surface area (Å²) in [4.78, 5) is 17.3. The Hall–Kier alpha value is -4.34. The molecule has 0 spiro atoms. The lowest BCUT2D eigenvalue weighted by Crippen LogP contribution is -2.15. The maximum Gasteiger partial charge on any atom is 0.261 e. The van der Waals surface area contributed by atoms with Crippen LogP contribution in [0.5, 0.6) is 0 Å². The third kappa shape index (κ3) is 6.13. The largest absolute Gasteiger partial charge is 0.298 e. The Labute approximate surface area is 223 Å². The number of aromatic nitrogens is 1. The molecule has 0 aliphatic heterocycles. The van der Waals surface area contributed by atoms with Gasteiger partial charge in [-0.25, -0.2) is 17.8 Å². The van der Waals surface area contributed by atoms with Crippen LogP contribution in [0, 0.1) is 5.82 Å². The van der Waals surface area contributed by atoms with E-state index in [1.54, 1.807) is 12.1 Å². The number of hydrogen-bond acceptors (Lipinski definition) is 5. The lowest BCUT2D eigenvalue weighted by molar-refractivity contribution is 0.102. The van der Waals surface area contributed by atoms with Gasteiger partial charge in [-0.15, -0.1) is 11.3 Å². The molecule has 5 rings (SSSR count). The minimum atomic E-state index is -3.94. The molecule has 6 nitrogen and oxygen atoms in total. The van der Waals surface area contributed by atoms with Crippen molar-refractivity contribution in [3.63, 3.8) is 0 Å². The fraction of sp³-hybridized carbons (Fsp3) is 0.0345. The van der Waals surface area contributed by atoms with Gasteiger partial charge in [-0.3, -0.25) is 14.8 Å². The fourth-order valence-electron chi connectivity index (χ4n) is 3.81. The predicted molar refractivity (Wildman–Crippen MR) is 148 cm³/mol. The predicted octanol–water partition coefficient (Wildman–Crippen LogP) is 6.59. The third-order valence-corrected chi connectivity index (χ3v) is 7.88. The summed E-state index contributed by atoms with van der Waals surface area (Å²) in [5, 5.41) is 5.07. The van der Waals surface area contributed by atoms with E-state index in [4.69, 9.17) is 0 Å². The highest BCUT2D eigenvalue weighted by atomic mass is 32.2. The number of thiazole rings is 1. The van der Waals surface area contributed by atoms with Crippen molar-refractivity contribution < 1.29 is 17.6 Å². The second-order valence-corrected chi connectivity index (χ2v) is 11.0. The Morgan fingerprint density at radius 1 is 0.842 bits per heavy atom. The van der Waals surface area contributed by atoms with Gasteiger partial charge >= 0.3 is 0 Å². The van der Waals surface area contributed by atoms with E-state index in [1.807, 2.05) is 35.7 Å². The number of hydrogen-bond donors (Lipinski definition) is 2. The highest BCUT2D eigenvalue weighted by Gasteiger charge is 2.16. The van der Waals surface area contributed by atoms with Crippen LogP contribution in [0.25, 0.3) is 11.3 Å². The number of nitrogens with zero attached hydrogens (tertiary/aromatic N) is 1. The molecule has 1 heterocycles. The molecular formula is C29H22FN3O3S2. The number of halogens is 1. The number of carbonyl (C=O) groups excluding carboxylic acids is 1. The third-order valence-electron chi connectivity index (χ3n) is 5.73. The summed E-state index contributed by atoms with van der Waals surface area (Å²) in [6.07, 6.45) is 0.846. The van der Waals surface area contributed by atoms with Gasteiger partial charge in [-0.2, -0.15) is 0 Å². The summed E-state index contributed by atoms with van der Waals surface area (Å²) in [5.74, 6) is -0.958. The summed E-state index contributed by atoms with van der Waals surface area (Å²) in [6, 6.07) is 29.0. The Morgan fingerprint density at radius 3 is 2.29 bits per heavy atom. The first-order chi connectivity index (χ1) is 18.4. The molecule has 4 aromatic carbocycles. The molecule has 0 saturated heterocycles. The van der Waals surface area contributed by atoms with Gasteiger partial charge < -0.3 is 0 Å². The molecule has 1 amide bonds. The first-order valence-corrected chi connectivity index (χ1v) is 14.0. The normalized spacial score (nSPS) is 11.2. The monoisotopic (exact) mass is 543 g/mol. The van der Waals surface area contributed by atoms with Crippen molar-refractivity contribution in [2.75, 3.05) is 10.0 Å². The number of sulfonamides is 1. The van der Waals surface area contributed by atoms with Gasteiger partial charge in [0.15, 0.2) is 5.13 Å². The number of anilines is 2. The maximum absolute atomic E-state index is 13.1. The molecule has 0 unspecified atom stereocenters. The number of amides is 1. The minimum Gasteiger partial charge on any atom is -0.298 e. The molecule has 0 aliphatic carbocycles. The van der Waals surface area contributed by atoms with Crippen molar-refractivity contribution in [2.45, 2.75) is 11.3 Å². The van der Waals surface area contributed by atoms with Crippen LogP contribution in [0.4, 0.5) is 15.2 Å². The van der Waals surface area contributed by atoms with Gasteiger partial charge in [-0.05, 0) is 60.0 Å². The SMILES string of the molecule is O=C(Nc1nc(-c2ccc(Cc3ccccc3)cc2)cs1)c1cccc(NS(=O)(=O)c2ccc(F)cc2)c1. The summed E-state index contributed by atoms with van der Waals surface area (Å²) < 4.78 is 40.7. The van der Waals surface area contributed by atoms with Gasteiger partial charge in [0.1, 0.15) is 5.82 Å². The molecule has 38 heavy (non-hydrogen) atoms. The number of rotatable bonds is 8. The average Bonchev–Trinajstić information content (AvgIpc) is 3.38. The van der Waals surface area contributed by atoms with Crippen molar-refractivity contribution in [3.05, 3.63) is 131 Å². The zero-order valence-electron chi connectivity index (χ0n) is 20.0. The van der Waals surface area contributed by atoms with Crippen LogP contribution in [0.15, 0.2) is 113 Å². The molecule has 0 atom stereocenters. The summed E-state index contributed by atoms with van der Waals surface area (Å²) in [5.41, 5.74) is 4.58. The first kappa shape index (κ1) is 25.3. The van der Waals surface area contributed by atoms with Gasteiger partial charge in [0.05, 0.1) is 10.6 Å². The van der Waals surface area contributed by atoms with Crippen LogP contribution in [0.2, 0.25) is 0 Å². The number of carbonyl (C=O) groups is 1. The van der Waals surface area contributed by atoms with Crippen molar-refractivity contribution in [1.82, 2.24) is 4.98 Å². The second-order valence-electron chi connectivity index (χ2n) is 8.49.